The van der Waals surface area contributed by atoms with Gasteiger partial charge in [0, 0.05) is 5.69 Å². The monoisotopic (exact) mass is 167 g/mol. The molecule has 0 unspecified atom stereocenters. The van der Waals surface area contributed by atoms with Gasteiger partial charge < -0.3 is 5.73 Å². The molecule has 66 valence electrons. The number of aryl methyl sites for hydroxylation is 1. The molecule has 0 bridgehead atoms. The van der Waals surface area contributed by atoms with E-state index < -0.39 is 5.67 Å². The minimum Gasteiger partial charge on any atom is -0.399 e. The molecule has 1 nitrogen and oxygen atoms in total. The van der Waals surface area contributed by atoms with Gasteiger partial charge in [0.25, 0.3) is 0 Å². The summed E-state index contributed by atoms with van der Waals surface area (Å²) in [5, 5.41) is 0. The Bertz CT molecular complexity index is 266. The maximum atomic E-state index is 13.4. The van der Waals surface area contributed by atoms with Gasteiger partial charge in [0.2, 0.25) is 0 Å². The van der Waals surface area contributed by atoms with E-state index in [0.29, 0.717) is 11.3 Å². The second-order valence-corrected chi connectivity index (χ2v) is 3.60. The zero-order valence-corrected chi connectivity index (χ0v) is 7.69. The van der Waals surface area contributed by atoms with E-state index in [0.717, 1.165) is 5.56 Å². The van der Waals surface area contributed by atoms with Gasteiger partial charge in [-0.1, -0.05) is 6.07 Å². The van der Waals surface area contributed by atoms with Crippen molar-refractivity contribution in [2.45, 2.75) is 26.4 Å². The third kappa shape index (κ3) is 1.97. The summed E-state index contributed by atoms with van der Waals surface area (Å²) in [5.74, 6) is 0. The van der Waals surface area contributed by atoms with Crippen molar-refractivity contribution in [3.05, 3.63) is 29.3 Å². The molecule has 0 aromatic heterocycles. The minimum atomic E-state index is -1.31. The quantitative estimate of drug-likeness (QED) is 0.639. The second kappa shape index (κ2) is 2.77. The van der Waals surface area contributed by atoms with Crippen LogP contribution in [0.5, 0.6) is 0 Å². The average molecular weight is 167 g/mol. The number of hydrogen-bond donors (Lipinski definition) is 1. The van der Waals surface area contributed by atoms with Crippen LogP contribution in [-0.2, 0) is 5.67 Å². The van der Waals surface area contributed by atoms with Crippen LogP contribution < -0.4 is 5.73 Å². The Hall–Kier alpha value is -1.05. The van der Waals surface area contributed by atoms with E-state index in [1.165, 1.54) is 13.8 Å². The predicted octanol–water partition coefficient (Wildman–Crippen LogP) is 2.78. The van der Waals surface area contributed by atoms with E-state index in [1.54, 1.807) is 6.07 Å². The first kappa shape index (κ1) is 9.04. The van der Waals surface area contributed by atoms with Crippen LogP contribution in [0.25, 0.3) is 0 Å². The molecule has 2 N–H and O–H groups in total. The first-order valence-corrected chi connectivity index (χ1v) is 3.96. The summed E-state index contributed by atoms with van der Waals surface area (Å²) in [6.07, 6.45) is 0. The van der Waals surface area contributed by atoms with Gasteiger partial charge in [-0.05, 0) is 44.0 Å². The number of rotatable bonds is 1. The third-order valence-corrected chi connectivity index (χ3v) is 1.79. The predicted molar refractivity (Wildman–Crippen MR) is 49.7 cm³/mol. The van der Waals surface area contributed by atoms with E-state index >= 15 is 0 Å². The maximum Gasteiger partial charge on any atom is 0.130 e. The molecule has 1 rings (SSSR count). The summed E-state index contributed by atoms with van der Waals surface area (Å²) in [4.78, 5) is 0. The molecular weight excluding hydrogens is 153 g/mol. The van der Waals surface area contributed by atoms with E-state index in [-0.39, 0.29) is 0 Å². The molecular formula is C10H14FN. The fraction of sp³-hybridized carbons (Fsp3) is 0.400. The van der Waals surface area contributed by atoms with Crippen molar-refractivity contribution in [3.8, 4) is 0 Å². The van der Waals surface area contributed by atoms with Crippen LogP contribution in [0.1, 0.15) is 25.0 Å². The highest BCUT2D eigenvalue weighted by Crippen LogP contribution is 2.26. The molecule has 12 heavy (non-hydrogen) atoms. The summed E-state index contributed by atoms with van der Waals surface area (Å²) >= 11 is 0. The molecule has 0 saturated heterocycles. The van der Waals surface area contributed by atoms with Gasteiger partial charge >= 0.3 is 0 Å². The molecule has 0 spiro atoms. The lowest BCUT2D eigenvalue weighted by molar-refractivity contribution is 0.221. The fourth-order valence-electron chi connectivity index (χ4n) is 1.16. The number of hydrogen-bond acceptors (Lipinski definition) is 1. The number of halogens is 1. The van der Waals surface area contributed by atoms with Gasteiger partial charge in [0.05, 0.1) is 0 Å². The molecule has 0 radical (unpaired) electrons. The van der Waals surface area contributed by atoms with Crippen molar-refractivity contribution in [3.63, 3.8) is 0 Å². The topological polar surface area (TPSA) is 26.0 Å². The molecule has 0 aliphatic rings. The minimum absolute atomic E-state index is 0.621. The first-order valence-electron chi connectivity index (χ1n) is 3.96. The third-order valence-electron chi connectivity index (χ3n) is 1.79. The van der Waals surface area contributed by atoms with Crippen molar-refractivity contribution in [1.82, 2.24) is 0 Å². The van der Waals surface area contributed by atoms with Gasteiger partial charge in [-0.2, -0.15) is 0 Å². The lowest BCUT2D eigenvalue weighted by atomic mass is 9.98. The van der Waals surface area contributed by atoms with Crippen LogP contribution in [0.4, 0.5) is 10.1 Å². The zero-order valence-electron chi connectivity index (χ0n) is 7.69. The number of benzene rings is 1. The Morgan fingerprint density at radius 2 is 1.83 bits per heavy atom. The zero-order chi connectivity index (χ0) is 9.35. The van der Waals surface area contributed by atoms with Gasteiger partial charge in [-0.25, -0.2) is 4.39 Å². The molecule has 0 aliphatic heterocycles. The standard InChI is InChI=1S/C10H14FN/c1-7-4-8(10(2,3)11)6-9(12)5-7/h4-6H,12H2,1-3H3. The summed E-state index contributed by atoms with van der Waals surface area (Å²) in [6.45, 7) is 4.97. The van der Waals surface area contributed by atoms with E-state index in [9.17, 15) is 4.39 Å². The largest absolute Gasteiger partial charge is 0.399 e. The van der Waals surface area contributed by atoms with Gasteiger partial charge in [-0.15, -0.1) is 0 Å². The highest BCUT2D eigenvalue weighted by atomic mass is 19.1. The Morgan fingerprint density at radius 3 is 2.25 bits per heavy atom. The Morgan fingerprint density at radius 1 is 1.25 bits per heavy atom. The van der Waals surface area contributed by atoms with E-state index in [1.807, 2.05) is 19.1 Å². The lowest BCUT2D eigenvalue weighted by Gasteiger charge is -2.15. The SMILES string of the molecule is Cc1cc(N)cc(C(C)(C)F)c1. The Kier molecular flexibility index (Phi) is 2.09. The Labute approximate surface area is 72.4 Å². The molecule has 2 heteroatoms. The average Bonchev–Trinajstić information content (AvgIpc) is 1.82. The van der Waals surface area contributed by atoms with Crippen LogP contribution in [0.2, 0.25) is 0 Å². The fourth-order valence-corrected chi connectivity index (χ4v) is 1.16. The smallest absolute Gasteiger partial charge is 0.130 e. The van der Waals surface area contributed by atoms with Gasteiger partial charge in [0.1, 0.15) is 5.67 Å². The molecule has 1 aromatic carbocycles. The van der Waals surface area contributed by atoms with Gasteiger partial charge in [0.15, 0.2) is 0 Å². The van der Waals surface area contributed by atoms with Crippen molar-refractivity contribution in [1.29, 1.82) is 0 Å². The first-order chi connectivity index (χ1) is 5.39. The van der Waals surface area contributed by atoms with Crippen LogP contribution >= 0.6 is 0 Å². The van der Waals surface area contributed by atoms with Crippen molar-refractivity contribution >= 4 is 5.69 Å². The molecule has 1 aromatic rings. The molecule has 0 atom stereocenters. The van der Waals surface area contributed by atoms with Crippen LogP contribution in [0.15, 0.2) is 18.2 Å². The van der Waals surface area contributed by atoms with Crippen LogP contribution in [-0.4, -0.2) is 0 Å². The van der Waals surface area contributed by atoms with Crippen molar-refractivity contribution in [2.24, 2.45) is 0 Å². The molecule has 0 saturated carbocycles. The summed E-state index contributed by atoms with van der Waals surface area (Å²) < 4.78 is 13.4. The van der Waals surface area contributed by atoms with Crippen LogP contribution in [0, 0.1) is 6.92 Å². The highest BCUT2D eigenvalue weighted by Gasteiger charge is 2.18. The molecule has 0 amide bonds. The second-order valence-electron chi connectivity index (χ2n) is 3.60. The van der Waals surface area contributed by atoms with Crippen LogP contribution in [0.3, 0.4) is 0 Å². The summed E-state index contributed by atoms with van der Waals surface area (Å²) in [6, 6.07) is 5.32. The normalized spacial score (nSPS) is 11.7. The highest BCUT2D eigenvalue weighted by molar-refractivity contribution is 5.45. The van der Waals surface area contributed by atoms with Crippen molar-refractivity contribution < 1.29 is 4.39 Å². The number of nitrogen functional groups attached to an aromatic ring is 1. The van der Waals surface area contributed by atoms with Crippen molar-refractivity contribution in [2.75, 3.05) is 5.73 Å². The molecule has 0 fully saturated rings. The summed E-state index contributed by atoms with van der Waals surface area (Å²) in [7, 11) is 0. The molecule has 0 aliphatic carbocycles. The Balaban J connectivity index is 3.18. The van der Waals surface area contributed by atoms with Gasteiger partial charge in [-0.3, -0.25) is 0 Å². The lowest BCUT2D eigenvalue weighted by Crippen LogP contribution is -2.09. The summed E-state index contributed by atoms with van der Waals surface area (Å²) in [5.41, 5.74) is 6.54. The number of alkyl halides is 1. The number of nitrogens with two attached hydrogens (primary N) is 1. The molecule has 0 heterocycles. The van der Waals surface area contributed by atoms with E-state index in [4.69, 9.17) is 5.73 Å². The maximum absolute atomic E-state index is 13.4. The number of anilines is 1. The van der Waals surface area contributed by atoms with E-state index in [2.05, 4.69) is 0 Å².